The number of aryl methyl sites for hydroxylation is 1. The fourth-order valence-electron chi connectivity index (χ4n) is 2.25. The van der Waals surface area contributed by atoms with E-state index in [4.69, 9.17) is 9.47 Å². The van der Waals surface area contributed by atoms with Crippen molar-refractivity contribution in [3.63, 3.8) is 0 Å². The molecule has 0 atom stereocenters. The monoisotopic (exact) mass is 278 g/mol. The Morgan fingerprint density at radius 2 is 1.65 bits per heavy atom. The number of aromatic nitrogens is 2. The summed E-state index contributed by atoms with van der Waals surface area (Å²) in [4.78, 5) is 32.1. The van der Waals surface area contributed by atoms with Crippen LogP contribution < -0.4 is 0 Å². The Bertz CT molecular complexity index is 528. The predicted octanol–water partition coefficient (Wildman–Crippen LogP) is 1.71. The number of fused-ring (bicyclic) bond motifs is 1. The van der Waals surface area contributed by atoms with Gasteiger partial charge in [-0.1, -0.05) is 0 Å². The minimum absolute atomic E-state index is 0.0597. The smallest absolute Gasteiger partial charge is 0.376 e. The van der Waals surface area contributed by atoms with Crippen LogP contribution in [0.3, 0.4) is 0 Å². The first-order chi connectivity index (χ1) is 9.67. The van der Waals surface area contributed by atoms with E-state index in [0.29, 0.717) is 0 Å². The van der Waals surface area contributed by atoms with E-state index in [2.05, 4.69) is 9.97 Å². The average molecular weight is 278 g/mol. The highest BCUT2D eigenvalue weighted by molar-refractivity contribution is 5.92. The van der Waals surface area contributed by atoms with E-state index in [1.54, 1.807) is 13.8 Å². The van der Waals surface area contributed by atoms with E-state index in [9.17, 15) is 9.59 Å². The summed E-state index contributed by atoms with van der Waals surface area (Å²) < 4.78 is 9.91. The van der Waals surface area contributed by atoms with Crippen LogP contribution in [0.15, 0.2) is 0 Å². The molecule has 0 saturated carbocycles. The maximum absolute atomic E-state index is 12.0. The molecule has 0 amide bonds. The Morgan fingerprint density at radius 1 is 1.00 bits per heavy atom. The van der Waals surface area contributed by atoms with Crippen LogP contribution in [-0.2, 0) is 22.3 Å². The topological polar surface area (TPSA) is 78.4 Å². The summed E-state index contributed by atoms with van der Waals surface area (Å²) in [5.41, 5.74) is 1.78. The average Bonchev–Trinajstić information content (AvgIpc) is 2.46. The van der Waals surface area contributed by atoms with Gasteiger partial charge >= 0.3 is 11.9 Å². The lowest BCUT2D eigenvalue weighted by Gasteiger charge is -2.17. The quantitative estimate of drug-likeness (QED) is 0.780. The fraction of sp³-hybridized carbons (Fsp3) is 0.571. The molecule has 0 aliphatic heterocycles. The molecule has 1 aliphatic rings. The largest absolute Gasteiger partial charge is 0.461 e. The maximum atomic E-state index is 12.0. The number of hydrogen-bond donors (Lipinski definition) is 0. The second kappa shape index (κ2) is 6.45. The summed E-state index contributed by atoms with van der Waals surface area (Å²) in [6, 6.07) is 0. The lowest BCUT2D eigenvalue weighted by Crippen LogP contribution is -2.21. The fourth-order valence-corrected chi connectivity index (χ4v) is 2.25. The number of carbonyl (C=O) groups excluding carboxylic acids is 2. The van der Waals surface area contributed by atoms with Gasteiger partial charge < -0.3 is 9.47 Å². The molecule has 108 valence electrons. The van der Waals surface area contributed by atoms with Crippen LogP contribution in [-0.4, -0.2) is 35.1 Å². The molecule has 20 heavy (non-hydrogen) atoms. The number of esters is 2. The van der Waals surface area contributed by atoms with Gasteiger partial charge in [-0.15, -0.1) is 0 Å². The first-order valence-electron chi connectivity index (χ1n) is 6.91. The molecule has 1 heterocycles. The molecule has 6 nitrogen and oxygen atoms in total. The first-order valence-corrected chi connectivity index (χ1v) is 6.91. The van der Waals surface area contributed by atoms with Crippen molar-refractivity contribution < 1.29 is 19.1 Å². The number of ether oxygens (including phenoxy) is 2. The van der Waals surface area contributed by atoms with E-state index in [1.807, 2.05) is 0 Å². The third-order valence-electron chi connectivity index (χ3n) is 3.11. The van der Waals surface area contributed by atoms with Crippen LogP contribution in [0.25, 0.3) is 0 Å². The zero-order chi connectivity index (χ0) is 14.5. The molecule has 0 unspecified atom stereocenters. The standard InChI is InChI=1S/C14H18N2O4/c1-3-19-13(17)11-9-7-5-6-8-10(9)15-12(16-11)14(18)20-4-2/h3-8H2,1-2H3. The van der Waals surface area contributed by atoms with Crippen molar-refractivity contribution >= 4 is 11.9 Å². The molecule has 1 aliphatic carbocycles. The number of carbonyl (C=O) groups is 2. The lowest BCUT2D eigenvalue weighted by atomic mass is 9.94. The van der Waals surface area contributed by atoms with Gasteiger partial charge in [0.25, 0.3) is 0 Å². The third kappa shape index (κ3) is 2.95. The van der Waals surface area contributed by atoms with Crippen molar-refractivity contribution in [1.82, 2.24) is 9.97 Å². The van der Waals surface area contributed by atoms with E-state index in [-0.39, 0.29) is 24.7 Å². The second-order valence-electron chi connectivity index (χ2n) is 4.47. The minimum Gasteiger partial charge on any atom is -0.461 e. The molecular formula is C14H18N2O4. The van der Waals surface area contributed by atoms with Gasteiger partial charge in [0, 0.05) is 11.3 Å². The van der Waals surface area contributed by atoms with Crippen molar-refractivity contribution in [2.75, 3.05) is 13.2 Å². The molecule has 1 aromatic rings. The molecule has 0 fully saturated rings. The summed E-state index contributed by atoms with van der Waals surface area (Å²) >= 11 is 0. The summed E-state index contributed by atoms with van der Waals surface area (Å²) in [7, 11) is 0. The summed E-state index contributed by atoms with van der Waals surface area (Å²) in [5.74, 6) is -1.17. The number of rotatable bonds is 4. The van der Waals surface area contributed by atoms with Crippen molar-refractivity contribution in [1.29, 1.82) is 0 Å². The Kier molecular flexibility index (Phi) is 4.65. The molecular weight excluding hydrogens is 260 g/mol. The normalized spacial score (nSPS) is 13.5. The molecule has 0 saturated heterocycles. The zero-order valence-electron chi connectivity index (χ0n) is 11.8. The lowest BCUT2D eigenvalue weighted by molar-refractivity contribution is 0.0503. The van der Waals surface area contributed by atoms with Gasteiger partial charge in [0.1, 0.15) is 0 Å². The van der Waals surface area contributed by atoms with Gasteiger partial charge in [0.15, 0.2) is 5.69 Å². The third-order valence-corrected chi connectivity index (χ3v) is 3.11. The Balaban J connectivity index is 2.44. The maximum Gasteiger partial charge on any atom is 0.376 e. The Morgan fingerprint density at radius 3 is 2.35 bits per heavy atom. The van der Waals surface area contributed by atoms with Crippen LogP contribution in [0.1, 0.15) is 59.1 Å². The molecule has 1 aromatic heterocycles. The van der Waals surface area contributed by atoms with E-state index < -0.39 is 11.9 Å². The van der Waals surface area contributed by atoms with Crippen LogP contribution in [0.5, 0.6) is 0 Å². The van der Waals surface area contributed by atoms with Crippen molar-refractivity contribution in [2.24, 2.45) is 0 Å². The molecule has 0 N–H and O–H groups in total. The van der Waals surface area contributed by atoms with Gasteiger partial charge in [0.05, 0.1) is 13.2 Å². The van der Waals surface area contributed by atoms with Crippen LogP contribution in [0, 0.1) is 0 Å². The minimum atomic E-state index is -0.605. The zero-order valence-corrected chi connectivity index (χ0v) is 11.8. The Labute approximate surface area is 117 Å². The summed E-state index contributed by atoms with van der Waals surface area (Å²) in [6.07, 6.45) is 3.47. The molecule has 0 radical (unpaired) electrons. The van der Waals surface area contributed by atoms with E-state index >= 15 is 0 Å². The summed E-state index contributed by atoms with van der Waals surface area (Å²) in [6.45, 7) is 3.96. The summed E-state index contributed by atoms with van der Waals surface area (Å²) in [5, 5.41) is 0. The van der Waals surface area contributed by atoms with Crippen LogP contribution >= 0.6 is 0 Å². The molecule has 0 spiro atoms. The predicted molar refractivity (Wildman–Crippen MR) is 70.6 cm³/mol. The SMILES string of the molecule is CCOC(=O)c1nc2c(c(C(=O)OCC)n1)CCCC2. The van der Waals surface area contributed by atoms with E-state index in [1.165, 1.54) is 0 Å². The molecule has 0 aromatic carbocycles. The van der Waals surface area contributed by atoms with Crippen molar-refractivity contribution in [2.45, 2.75) is 39.5 Å². The van der Waals surface area contributed by atoms with Crippen LogP contribution in [0.2, 0.25) is 0 Å². The first kappa shape index (κ1) is 14.4. The number of hydrogen-bond acceptors (Lipinski definition) is 6. The van der Waals surface area contributed by atoms with Gasteiger partial charge in [0.2, 0.25) is 5.82 Å². The Hall–Kier alpha value is -1.98. The highest BCUT2D eigenvalue weighted by Crippen LogP contribution is 2.23. The van der Waals surface area contributed by atoms with E-state index in [0.717, 1.165) is 36.9 Å². The van der Waals surface area contributed by atoms with Gasteiger partial charge in [-0.25, -0.2) is 19.6 Å². The number of nitrogens with zero attached hydrogens (tertiary/aromatic N) is 2. The molecule has 0 bridgehead atoms. The van der Waals surface area contributed by atoms with Crippen LogP contribution in [0.4, 0.5) is 0 Å². The molecule has 6 heteroatoms. The van der Waals surface area contributed by atoms with Gasteiger partial charge in [-0.05, 0) is 39.5 Å². The highest BCUT2D eigenvalue weighted by Gasteiger charge is 2.25. The highest BCUT2D eigenvalue weighted by atomic mass is 16.5. The molecule has 2 rings (SSSR count). The van der Waals surface area contributed by atoms with Crippen molar-refractivity contribution in [3.8, 4) is 0 Å². The second-order valence-corrected chi connectivity index (χ2v) is 4.47. The van der Waals surface area contributed by atoms with Gasteiger partial charge in [-0.3, -0.25) is 0 Å². The van der Waals surface area contributed by atoms with Crippen molar-refractivity contribution in [3.05, 3.63) is 22.8 Å². The van der Waals surface area contributed by atoms with Gasteiger partial charge in [-0.2, -0.15) is 0 Å².